The van der Waals surface area contributed by atoms with Crippen LogP contribution < -0.4 is 9.64 Å². The molecule has 7 nitrogen and oxygen atoms in total. The Bertz CT molecular complexity index is 1190. The van der Waals surface area contributed by atoms with Gasteiger partial charge in [0.15, 0.2) is 0 Å². The molecule has 32 heavy (non-hydrogen) atoms. The first-order valence-corrected chi connectivity index (χ1v) is 11.0. The summed E-state index contributed by atoms with van der Waals surface area (Å²) in [4.78, 5) is 45.1. The van der Waals surface area contributed by atoms with Crippen LogP contribution in [0.3, 0.4) is 0 Å². The van der Waals surface area contributed by atoms with Crippen LogP contribution >= 0.6 is 11.6 Å². The fraction of sp³-hybridized carbons (Fsp3) is 0.333. The third kappa shape index (κ3) is 2.60. The van der Waals surface area contributed by atoms with Crippen molar-refractivity contribution in [3.63, 3.8) is 0 Å². The highest BCUT2D eigenvalue weighted by Crippen LogP contribution is 2.62. The van der Waals surface area contributed by atoms with Crippen LogP contribution in [0.1, 0.15) is 18.9 Å². The summed E-state index contributed by atoms with van der Waals surface area (Å²) in [6.45, 7) is 1.32. The molecule has 6 rings (SSSR count). The van der Waals surface area contributed by atoms with Gasteiger partial charge in [-0.15, -0.1) is 0 Å². The maximum atomic E-state index is 13.5. The number of carbonyl (C=O) groups excluding carboxylic acids is 3. The predicted molar refractivity (Wildman–Crippen MR) is 115 cm³/mol. The van der Waals surface area contributed by atoms with E-state index in [1.54, 1.807) is 24.3 Å². The maximum Gasteiger partial charge on any atom is 0.308 e. The lowest BCUT2D eigenvalue weighted by Gasteiger charge is -2.30. The first-order chi connectivity index (χ1) is 15.5. The number of hydrogen-bond donors (Lipinski definition) is 0. The van der Waals surface area contributed by atoms with E-state index in [1.165, 1.54) is 11.8 Å². The van der Waals surface area contributed by atoms with Gasteiger partial charge in [0.1, 0.15) is 11.9 Å². The minimum Gasteiger partial charge on any atom is -0.427 e. The van der Waals surface area contributed by atoms with Gasteiger partial charge in [-0.2, -0.15) is 0 Å². The van der Waals surface area contributed by atoms with E-state index >= 15 is 0 Å². The van der Waals surface area contributed by atoms with Crippen LogP contribution in [-0.4, -0.2) is 29.6 Å². The highest BCUT2D eigenvalue weighted by molar-refractivity contribution is 6.34. The van der Waals surface area contributed by atoms with Crippen molar-refractivity contribution in [2.45, 2.75) is 19.4 Å². The molecular weight excluding hydrogens is 432 g/mol. The number of anilines is 1. The molecule has 2 heterocycles. The van der Waals surface area contributed by atoms with E-state index < -0.39 is 17.8 Å². The van der Waals surface area contributed by atoms with Gasteiger partial charge < -0.3 is 9.57 Å². The van der Waals surface area contributed by atoms with Gasteiger partial charge in [0.05, 0.1) is 23.2 Å². The summed E-state index contributed by atoms with van der Waals surface area (Å²) in [6, 6.07) is 13.9. The Balaban J connectivity index is 1.31. The first kappa shape index (κ1) is 19.5. The molecular formula is C24H19ClN2O5. The Kier molecular flexibility index (Phi) is 4.21. The van der Waals surface area contributed by atoms with Gasteiger partial charge >= 0.3 is 5.97 Å². The second-order valence-electron chi connectivity index (χ2n) is 8.77. The topological polar surface area (TPSA) is 85.3 Å². The van der Waals surface area contributed by atoms with E-state index in [2.05, 4.69) is 5.16 Å². The predicted octanol–water partition coefficient (Wildman–Crippen LogP) is 3.44. The molecule has 2 saturated carbocycles. The second kappa shape index (κ2) is 6.90. The fourth-order valence-electron chi connectivity index (χ4n) is 6.10. The van der Waals surface area contributed by atoms with Crippen molar-refractivity contribution in [2.24, 2.45) is 34.7 Å². The van der Waals surface area contributed by atoms with Crippen LogP contribution in [0.2, 0.25) is 5.02 Å². The van der Waals surface area contributed by atoms with Crippen LogP contribution in [0.4, 0.5) is 5.69 Å². The van der Waals surface area contributed by atoms with E-state index in [1.807, 2.05) is 24.3 Å². The highest BCUT2D eigenvalue weighted by Gasteiger charge is 2.70. The molecule has 8 heteroatoms. The largest absolute Gasteiger partial charge is 0.427 e. The smallest absolute Gasteiger partial charge is 0.308 e. The van der Waals surface area contributed by atoms with Gasteiger partial charge in [0.25, 0.3) is 0 Å². The standard InChI is InChI=1S/C24H19ClN2O5/c1-11(28)31-13-8-6-12(7-9-13)27-23(29)18-15-10-16(19(18)24(27)30)22-20(15)21(26-32-22)14-4-2-3-5-17(14)25/h2-9,15-16,18-20,22H,10H2,1H3/t15-,16+,18-,19+,20+,22-/m1/s1. The summed E-state index contributed by atoms with van der Waals surface area (Å²) < 4.78 is 5.05. The summed E-state index contributed by atoms with van der Waals surface area (Å²) in [7, 11) is 0. The summed E-state index contributed by atoms with van der Waals surface area (Å²) in [5.74, 6) is -1.36. The number of fused-ring (bicyclic) bond motifs is 8. The third-order valence-electron chi connectivity index (χ3n) is 7.20. The first-order valence-electron chi connectivity index (χ1n) is 10.6. The number of oxime groups is 1. The average molecular weight is 451 g/mol. The average Bonchev–Trinajstić information content (AvgIpc) is 3.49. The van der Waals surface area contributed by atoms with Crippen molar-refractivity contribution in [3.8, 4) is 5.75 Å². The molecule has 0 unspecified atom stereocenters. The molecule has 0 spiro atoms. The lowest BCUT2D eigenvalue weighted by atomic mass is 9.71. The minimum atomic E-state index is -0.431. The van der Waals surface area contributed by atoms with Crippen LogP contribution in [0.5, 0.6) is 5.75 Å². The van der Waals surface area contributed by atoms with Crippen molar-refractivity contribution in [1.29, 1.82) is 0 Å². The summed E-state index contributed by atoms with van der Waals surface area (Å²) in [6.07, 6.45) is 0.556. The zero-order valence-electron chi connectivity index (χ0n) is 17.1. The third-order valence-corrected chi connectivity index (χ3v) is 7.53. The van der Waals surface area contributed by atoms with Gasteiger partial charge in [0.2, 0.25) is 11.8 Å². The SMILES string of the molecule is CC(=O)Oc1ccc(N2C(=O)[C@@H]3[C@H]4C[C@H]([C@H]5ON=C(c6ccccc6Cl)[C@H]45)[C@@H]3C2=O)cc1. The van der Waals surface area contributed by atoms with Crippen LogP contribution in [0, 0.1) is 29.6 Å². The summed E-state index contributed by atoms with van der Waals surface area (Å²) in [5, 5.41) is 4.93. The van der Waals surface area contributed by atoms with Crippen molar-refractivity contribution in [3.05, 3.63) is 59.1 Å². The molecule has 0 aromatic heterocycles. The number of ether oxygens (including phenoxy) is 1. The molecule has 4 aliphatic rings. The number of halogens is 1. The molecule has 1 saturated heterocycles. The molecule has 3 fully saturated rings. The quantitative estimate of drug-likeness (QED) is 0.406. The molecule has 162 valence electrons. The van der Waals surface area contributed by atoms with Crippen molar-refractivity contribution in [1.82, 2.24) is 0 Å². The fourth-order valence-corrected chi connectivity index (χ4v) is 6.33. The number of hydrogen-bond acceptors (Lipinski definition) is 6. The Morgan fingerprint density at radius 3 is 2.41 bits per heavy atom. The lowest BCUT2D eigenvalue weighted by Crippen LogP contribution is -2.41. The Morgan fingerprint density at radius 2 is 1.72 bits per heavy atom. The van der Waals surface area contributed by atoms with E-state index in [0.29, 0.717) is 16.5 Å². The van der Waals surface area contributed by atoms with Crippen LogP contribution in [0.25, 0.3) is 0 Å². The van der Waals surface area contributed by atoms with Gasteiger partial charge in [-0.05, 0) is 42.7 Å². The number of rotatable bonds is 3. The molecule has 6 atom stereocenters. The van der Waals surface area contributed by atoms with Gasteiger partial charge in [-0.1, -0.05) is 35.0 Å². The minimum absolute atomic E-state index is 0.0192. The zero-order valence-corrected chi connectivity index (χ0v) is 17.9. The number of amides is 2. The Labute approximate surface area is 188 Å². The number of esters is 1. The number of carbonyl (C=O) groups is 3. The highest BCUT2D eigenvalue weighted by atomic mass is 35.5. The number of nitrogens with zero attached hydrogens (tertiary/aromatic N) is 2. The molecule has 2 amide bonds. The lowest BCUT2D eigenvalue weighted by molar-refractivity contribution is -0.132. The molecule has 2 aromatic rings. The Hall–Kier alpha value is -3.19. The number of benzene rings is 2. The van der Waals surface area contributed by atoms with Gasteiger partial charge in [-0.25, -0.2) is 0 Å². The Morgan fingerprint density at radius 1 is 1.03 bits per heavy atom. The monoisotopic (exact) mass is 450 g/mol. The molecule has 2 bridgehead atoms. The van der Waals surface area contributed by atoms with Gasteiger partial charge in [0, 0.05) is 29.3 Å². The zero-order chi connectivity index (χ0) is 22.1. The normalized spacial score (nSPS) is 31.9. The maximum absolute atomic E-state index is 13.5. The van der Waals surface area contributed by atoms with E-state index in [0.717, 1.165) is 17.7 Å². The van der Waals surface area contributed by atoms with Crippen LogP contribution in [-0.2, 0) is 19.2 Å². The summed E-state index contributed by atoms with van der Waals surface area (Å²) in [5.41, 5.74) is 2.08. The van der Waals surface area contributed by atoms with Crippen molar-refractivity contribution >= 4 is 40.8 Å². The van der Waals surface area contributed by atoms with E-state index in [4.69, 9.17) is 21.2 Å². The van der Waals surface area contributed by atoms with Crippen molar-refractivity contribution in [2.75, 3.05) is 4.90 Å². The van der Waals surface area contributed by atoms with Gasteiger partial charge in [-0.3, -0.25) is 19.3 Å². The van der Waals surface area contributed by atoms with Crippen LogP contribution in [0.15, 0.2) is 53.7 Å². The van der Waals surface area contributed by atoms with E-state index in [-0.39, 0.29) is 35.7 Å². The second-order valence-corrected chi connectivity index (χ2v) is 9.17. The summed E-state index contributed by atoms with van der Waals surface area (Å²) >= 11 is 6.41. The van der Waals surface area contributed by atoms with Crippen molar-refractivity contribution < 1.29 is 24.0 Å². The van der Waals surface area contributed by atoms with E-state index in [9.17, 15) is 14.4 Å². The molecule has 0 N–H and O–H groups in total. The molecule has 2 aromatic carbocycles. The number of imide groups is 1. The molecule has 2 aliphatic heterocycles. The molecule has 0 radical (unpaired) electrons. The molecule has 2 aliphatic carbocycles.